The third kappa shape index (κ3) is 2.71. The molecule has 0 fully saturated rings. The summed E-state index contributed by atoms with van der Waals surface area (Å²) >= 11 is 0. The summed E-state index contributed by atoms with van der Waals surface area (Å²) in [7, 11) is 3.61. The predicted octanol–water partition coefficient (Wildman–Crippen LogP) is 2.13. The quantitative estimate of drug-likeness (QED) is 0.877. The van der Waals surface area contributed by atoms with E-state index in [1.807, 2.05) is 42.2 Å². The lowest BCUT2D eigenvalue weighted by Gasteiger charge is -2.16. The smallest absolute Gasteiger partial charge is 0.119 e. The van der Waals surface area contributed by atoms with E-state index >= 15 is 0 Å². The lowest BCUT2D eigenvalue weighted by molar-refractivity contribution is 0.413. The van der Waals surface area contributed by atoms with Gasteiger partial charge in [-0.15, -0.1) is 0 Å². The average molecular weight is 245 g/mol. The van der Waals surface area contributed by atoms with Gasteiger partial charge in [-0.25, -0.2) is 0 Å². The monoisotopic (exact) mass is 245 g/mol. The number of benzene rings is 1. The molecule has 1 aromatic carbocycles. The second kappa shape index (κ2) is 5.69. The van der Waals surface area contributed by atoms with E-state index in [-0.39, 0.29) is 6.04 Å². The molecule has 1 aromatic heterocycles. The summed E-state index contributed by atoms with van der Waals surface area (Å²) in [6.45, 7) is 2.98. The minimum atomic E-state index is 0.103. The summed E-state index contributed by atoms with van der Waals surface area (Å²) in [5, 5.41) is 7.92. The minimum absolute atomic E-state index is 0.103. The Bertz CT molecular complexity index is 507. The molecule has 0 spiro atoms. The van der Waals surface area contributed by atoms with Gasteiger partial charge in [-0.05, 0) is 30.3 Å². The largest absolute Gasteiger partial charge is 0.497 e. The zero-order valence-corrected chi connectivity index (χ0v) is 11.1. The third-order valence-corrected chi connectivity index (χ3v) is 2.87. The molecule has 0 saturated heterocycles. The van der Waals surface area contributed by atoms with Crippen LogP contribution in [0.2, 0.25) is 0 Å². The zero-order chi connectivity index (χ0) is 13.0. The van der Waals surface area contributed by atoms with Crippen molar-refractivity contribution >= 4 is 0 Å². The van der Waals surface area contributed by atoms with Gasteiger partial charge in [0, 0.05) is 13.2 Å². The van der Waals surface area contributed by atoms with Crippen molar-refractivity contribution in [3.05, 3.63) is 47.8 Å². The fraction of sp³-hybridized carbons (Fsp3) is 0.357. The van der Waals surface area contributed by atoms with E-state index < -0.39 is 0 Å². The van der Waals surface area contributed by atoms with Crippen LogP contribution in [0.15, 0.2) is 36.5 Å². The fourth-order valence-electron chi connectivity index (χ4n) is 2.01. The Morgan fingerprint density at radius 3 is 2.83 bits per heavy atom. The first kappa shape index (κ1) is 12.6. The molecule has 0 aliphatic rings. The van der Waals surface area contributed by atoms with E-state index in [1.54, 1.807) is 7.11 Å². The second-order valence-corrected chi connectivity index (χ2v) is 4.18. The van der Waals surface area contributed by atoms with E-state index in [4.69, 9.17) is 4.74 Å². The van der Waals surface area contributed by atoms with Crippen LogP contribution in [0.5, 0.6) is 5.75 Å². The molecule has 0 bridgehead atoms. The second-order valence-electron chi connectivity index (χ2n) is 4.18. The zero-order valence-electron chi connectivity index (χ0n) is 11.1. The van der Waals surface area contributed by atoms with Gasteiger partial charge in [0.2, 0.25) is 0 Å². The fourth-order valence-corrected chi connectivity index (χ4v) is 2.01. The first-order valence-corrected chi connectivity index (χ1v) is 6.11. The number of aryl methyl sites for hydroxylation is 1. The highest BCUT2D eigenvalue weighted by Crippen LogP contribution is 2.23. The number of methoxy groups -OCH3 is 1. The van der Waals surface area contributed by atoms with Gasteiger partial charge >= 0.3 is 0 Å². The van der Waals surface area contributed by atoms with Crippen LogP contribution >= 0.6 is 0 Å². The van der Waals surface area contributed by atoms with Gasteiger partial charge in [0.05, 0.1) is 18.8 Å². The molecule has 1 N–H and O–H groups in total. The maximum Gasteiger partial charge on any atom is 0.119 e. The first-order chi connectivity index (χ1) is 8.74. The van der Waals surface area contributed by atoms with Gasteiger partial charge in [-0.1, -0.05) is 19.1 Å². The topological polar surface area (TPSA) is 39.1 Å². The highest BCUT2D eigenvalue weighted by molar-refractivity contribution is 5.34. The Kier molecular flexibility index (Phi) is 3.99. The Morgan fingerprint density at radius 2 is 2.22 bits per heavy atom. The molecule has 0 aliphatic heterocycles. The van der Waals surface area contributed by atoms with Gasteiger partial charge in [0.15, 0.2) is 0 Å². The molecule has 2 rings (SSSR count). The summed E-state index contributed by atoms with van der Waals surface area (Å²) in [6, 6.07) is 10.2. The number of aromatic nitrogens is 2. The van der Waals surface area contributed by atoms with E-state index in [1.165, 1.54) is 0 Å². The SMILES string of the molecule is CCNC(c1cccc(OC)c1)c1ccn(C)n1. The summed E-state index contributed by atoms with van der Waals surface area (Å²) in [6.07, 6.45) is 1.96. The normalized spacial score (nSPS) is 12.4. The average Bonchev–Trinajstić information content (AvgIpc) is 2.82. The van der Waals surface area contributed by atoms with Gasteiger partial charge in [0.25, 0.3) is 0 Å². The van der Waals surface area contributed by atoms with Crippen molar-refractivity contribution in [1.82, 2.24) is 15.1 Å². The van der Waals surface area contributed by atoms with Crippen LogP contribution in [0.4, 0.5) is 0 Å². The first-order valence-electron chi connectivity index (χ1n) is 6.11. The summed E-state index contributed by atoms with van der Waals surface area (Å²) < 4.78 is 7.09. The van der Waals surface area contributed by atoms with Gasteiger partial charge in [-0.3, -0.25) is 4.68 Å². The predicted molar refractivity (Wildman–Crippen MR) is 71.7 cm³/mol. The molecule has 4 nitrogen and oxygen atoms in total. The van der Waals surface area contributed by atoms with Crippen molar-refractivity contribution in [2.75, 3.05) is 13.7 Å². The van der Waals surface area contributed by atoms with Crippen molar-refractivity contribution in [3.8, 4) is 5.75 Å². The highest BCUT2D eigenvalue weighted by Gasteiger charge is 2.15. The Hall–Kier alpha value is -1.81. The van der Waals surface area contributed by atoms with Crippen molar-refractivity contribution < 1.29 is 4.74 Å². The maximum absolute atomic E-state index is 5.27. The van der Waals surface area contributed by atoms with Crippen molar-refractivity contribution in [1.29, 1.82) is 0 Å². The van der Waals surface area contributed by atoms with Crippen molar-refractivity contribution in [3.63, 3.8) is 0 Å². The highest BCUT2D eigenvalue weighted by atomic mass is 16.5. The minimum Gasteiger partial charge on any atom is -0.497 e. The molecule has 18 heavy (non-hydrogen) atoms. The number of ether oxygens (including phenoxy) is 1. The van der Waals surface area contributed by atoms with Crippen LogP contribution in [-0.4, -0.2) is 23.4 Å². The number of nitrogens with zero attached hydrogens (tertiary/aromatic N) is 2. The molecular formula is C14H19N3O. The lowest BCUT2D eigenvalue weighted by atomic mass is 10.0. The van der Waals surface area contributed by atoms with E-state index in [9.17, 15) is 0 Å². The van der Waals surface area contributed by atoms with Crippen LogP contribution in [0.25, 0.3) is 0 Å². The summed E-state index contributed by atoms with van der Waals surface area (Å²) in [5.41, 5.74) is 2.18. The Balaban J connectivity index is 2.34. The van der Waals surface area contributed by atoms with Crippen molar-refractivity contribution in [2.24, 2.45) is 7.05 Å². The number of rotatable bonds is 5. The van der Waals surface area contributed by atoms with Crippen LogP contribution in [0.3, 0.4) is 0 Å². The summed E-state index contributed by atoms with van der Waals surface area (Å²) in [4.78, 5) is 0. The molecule has 0 saturated carbocycles. The van der Waals surface area contributed by atoms with E-state index in [2.05, 4.69) is 23.4 Å². The molecule has 0 radical (unpaired) electrons. The van der Waals surface area contributed by atoms with E-state index in [0.29, 0.717) is 0 Å². The van der Waals surface area contributed by atoms with Crippen LogP contribution < -0.4 is 10.1 Å². The Labute approximate surface area is 108 Å². The lowest BCUT2D eigenvalue weighted by Crippen LogP contribution is -2.22. The molecule has 1 heterocycles. The van der Waals surface area contributed by atoms with Crippen LogP contribution in [0.1, 0.15) is 24.2 Å². The summed E-state index contributed by atoms with van der Waals surface area (Å²) in [5.74, 6) is 0.867. The molecular weight excluding hydrogens is 226 g/mol. The Morgan fingerprint density at radius 1 is 1.39 bits per heavy atom. The molecule has 1 unspecified atom stereocenters. The number of hydrogen-bond acceptors (Lipinski definition) is 3. The number of hydrogen-bond donors (Lipinski definition) is 1. The molecule has 2 aromatic rings. The van der Waals surface area contributed by atoms with Gasteiger partial charge < -0.3 is 10.1 Å². The standard InChI is InChI=1S/C14H19N3O/c1-4-15-14(13-8-9-17(2)16-13)11-6-5-7-12(10-11)18-3/h5-10,14-15H,4H2,1-3H3. The molecule has 0 amide bonds. The van der Waals surface area contributed by atoms with E-state index in [0.717, 1.165) is 23.6 Å². The molecule has 96 valence electrons. The third-order valence-electron chi connectivity index (χ3n) is 2.87. The van der Waals surface area contributed by atoms with Crippen molar-refractivity contribution in [2.45, 2.75) is 13.0 Å². The van der Waals surface area contributed by atoms with Crippen LogP contribution in [0, 0.1) is 0 Å². The van der Waals surface area contributed by atoms with Gasteiger partial charge in [-0.2, -0.15) is 5.10 Å². The van der Waals surface area contributed by atoms with Gasteiger partial charge in [0.1, 0.15) is 5.75 Å². The number of nitrogens with one attached hydrogen (secondary N) is 1. The molecule has 1 atom stereocenters. The molecule has 4 heteroatoms. The molecule has 0 aliphatic carbocycles. The van der Waals surface area contributed by atoms with Crippen LogP contribution in [-0.2, 0) is 7.05 Å². The maximum atomic E-state index is 5.27.